The van der Waals surface area contributed by atoms with E-state index in [4.69, 9.17) is 27.6 Å². The molecule has 0 bridgehead atoms. The highest BCUT2D eigenvalue weighted by atomic mass is 35.5. The van der Waals surface area contributed by atoms with Crippen LogP contribution in [0.5, 0.6) is 0 Å². The third-order valence-corrected chi connectivity index (χ3v) is 3.27. The Bertz CT molecular complexity index is 833. The van der Waals surface area contributed by atoms with Gasteiger partial charge in [-0.15, -0.1) is 5.10 Å². The summed E-state index contributed by atoms with van der Waals surface area (Å²) in [7, 11) is 0. The molecule has 0 saturated heterocycles. The summed E-state index contributed by atoms with van der Waals surface area (Å²) in [5, 5.41) is 11.2. The standard InChI is InChI=1S/C15H9Cl2N3O2/c16-11-5-1-3-9(7-11)13(21)18-15-20-19-14(22-15)10-4-2-6-12(17)8-10/h1-8H,(H,18,20,21). The summed E-state index contributed by atoms with van der Waals surface area (Å²) in [6.45, 7) is 0. The van der Waals surface area contributed by atoms with Crippen molar-refractivity contribution in [2.75, 3.05) is 5.32 Å². The van der Waals surface area contributed by atoms with Crippen LogP contribution in [0.4, 0.5) is 6.01 Å². The zero-order valence-electron chi connectivity index (χ0n) is 11.1. The van der Waals surface area contributed by atoms with Gasteiger partial charge in [-0.2, -0.15) is 0 Å². The molecule has 0 aliphatic heterocycles. The number of anilines is 1. The van der Waals surface area contributed by atoms with Crippen molar-refractivity contribution in [3.63, 3.8) is 0 Å². The van der Waals surface area contributed by atoms with Gasteiger partial charge in [0.1, 0.15) is 0 Å². The van der Waals surface area contributed by atoms with E-state index in [-0.39, 0.29) is 17.8 Å². The first kappa shape index (κ1) is 14.6. The minimum absolute atomic E-state index is 0.0000454. The summed E-state index contributed by atoms with van der Waals surface area (Å²) >= 11 is 11.8. The van der Waals surface area contributed by atoms with Crippen LogP contribution in [0.1, 0.15) is 10.4 Å². The number of carbonyl (C=O) groups excluding carboxylic acids is 1. The van der Waals surface area contributed by atoms with Gasteiger partial charge in [-0.3, -0.25) is 10.1 Å². The fourth-order valence-electron chi connectivity index (χ4n) is 1.81. The van der Waals surface area contributed by atoms with Gasteiger partial charge in [-0.05, 0) is 36.4 Å². The number of halogens is 2. The van der Waals surface area contributed by atoms with E-state index >= 15 is 0 Å². The fraction of sp³-hybridized carbons (Fsp3) is 0. The van der Waals surface area contributed by atoms with Gasteiger partial charge in [0.05, 0.1) is 0 Å². The molecular formula is C15H9Cl2N3O2. The molecule has 3 rings (SSSR count). The van der Waals surface area contributed by atoms with Gasteiger partial charge in [0.25, 0.3) is 5.91 Å². The summed E-state index contributed by atoms with van der Waals surface area (Å²) < 4.78 is 5.40. The summed E-state index contributed by atoms with van der Waals surface area (Å²) in [5.74, 6) is -0.118. The van der Waals surface area contributed by atoms with Crippen LogP contribution < -0.4 is 5.32 Å². The predicted molar refractivity (Wildman–Crippen MR) is 84.1 cm³/mol. The van der Waals surface area contributed by atoms with E-state index in [1.807, 2.05) is 0 Å². The number of hydrogen-bond acceptors (Lipinski definition) is 4. The third kappa shape index (κ3) is 3.27. The summed E-state index contributed by atoms with van der Waals surface area (Å²) in [6, 6.07) is 13.5. The van der Waals surface area contributed by atoms with Crippen molar-refractivity contribution >= 4 is 35.1 Å². The molecule has 0 spiro atoms. The minimum atomic E-state index is -0.385. The number of carbonyl (C=O) groups is 1. The monoisotopic (exact) mass is 333 g/mol. The number of rotatable bonds is 3. The van der Waals surface area contributed by atoms with Crippen LogP contribution in [0.2, 0.25) is 10.0 Å². The van der Waals surface area contributed by atoms with Gasteiger partial charge in [0.15, 0.2) is 0 Å². The number of aromatic nitrogens is 2. The molecule has 0 atom stereocenters. The average Bonchev–Trinajstić information content (AvgIpc) is 2.96. The molecule has 7 heteroatoms. The molecule has 1 amide bonds. The molecule has 1 N–H and O–H groups in total. The van der Waals surface area contributed by atoms with Crippen molar-refractivity contribution in [2.45, 2.75) is 0 Å². The van der Waals surface area contributed by atoms with Crippen LogP contribution in [0, 0.1) is 0 Å². The lowest BCUT2D eigenvalue weighted by Gasteiger charge is -2.00. The molecular weight excluding hydrogens is 325 g/mol. The van der Waals surface area contributed by atoms with Crippen molar-refractivity contribution in [1.82, 2.24) is 10.2 Å². The van der Waals surface area contributed by atoms with E-state index in [1.165, 1.54) is 0 Å². The van der Waals surface area contributed by atoms with Gasteiger partial charge in [0, 0.05) is 21.2 Å². The minimum Gasteiger partial charge on any atom is -0.403 e. The summed E-state index contributed by atoms with van der Waals surface area (Å²) in [6.07, 6.45) is 0. The molecule has 0 fully saturated rings. The Hall–Kier alpha value is -2.37. The van der Waals surface area contributed by atoms with Crippen LogP contribution in [-0.2, 0) is 0 Å². The van der Waals surface area contributed by atoms with Crippen LogP contribution in [0.15, 0.2) is 52.9 Å². The maximum atomic E-state index is 12.0. The quantitative estimate of drug-likeness (QED) is 0.776. The first-order valence-electron chi connectivity index (χ1n) is 6.28. The van der Waals surface area contributed by atoms with E-state index in [1.54, 1.807) is 48.5 Å². The van der Waals surface area contributed by atoms with E-state index < -0.39 is 0 Å². The van der Waals surface area contributed by atoms with Crippen molar-refractivity contribution in [1.29, 1.82) is 0 Å². The molecule has 1 heterocycles. The van der Waals surface area contributed by atoms with Gasteiger partial charge >= 0.3 is 6.01 Å². The zero-order chi connectivity index (χ0) is 15.5. The van der Waals surface area contributed by atoms with Gasteiger partial charge in [0.2, 0.25) is 5.89 Å². The zero-order valence-corrected chi connectivity index (χ0v) is 12.6. The molecule has 110 valence electrons. The SMILES string of the molecule is O=C(Nc1nnc(-c2cccc(Cl)c2)o1)c1cccc(Cl)c1. The largest absolute Gasteiger partial charge is 0.403 e. The normalized spacial score (nSPS) is 10.5. The van der Waals surface area contributed by atoms with Crippen molar-refractivity contribution in [3.8, 4) is 11.5 Å². The molecule has 0 unspecified atom stereocenters. The first-order chi connectivity index (χ1) is 10.6. The molecule has 1 aromatic heterocycles. The Balaban J connectivity index is 1.78. The van der Waals surface area contributed by atoms with Gasteiger partial charge in [-0.25, -0.2) is 0 Å². The number of benzene rings is 2. The summed E-state index contributed by atoms with van der Waals surface area (Å²) in [4.78, 5) is 12.0. The number of amides is 1. The maximum Gasteiger partial charge on any atom is 0.322 e. The van der Waals surface area contributed by atoms with E-state index in [9.17, 15) is 4.79 Å². The number of nitrogens with one attached hydrogen (secondary N) is 1. The molecule has 5 nitrogen and oxygen atoms in total. The smallest absolute Gasteiger partial charge is 0.322 e. The second kappa shape index (κ2) is 6.17. The van der Waals surface area contributed by atoms with E-state index in [0.29, 0.717) is 21.2 Å². The average molecular weight is 334 g/mol. The van der Waals surface area contributed by atoms with Crippen LogP contribution in [0.3, 0.4) is 0 Å². The van der Waals surface area contributed by atoms with Crippen LogP contribution >= 0.6 is 23.2 Å². The molecule has 0 aliphatic rings. The second-order valence-corrected chi connectivity index (χ2v) is 5.26. The lowest BCUT2D eigenvalue weighted by molar-refractivity contribution is 0.102. The van der Waals surface area contributed by atoms with Crippen molar-refractivity contribution < 1.29 is 9.21 Å². The fourth-order valence-corrected chi connectivity index (χ4v) is 2.19. The Morgan fingerprint density at radius 3 is 2.45 bits per heavy atom. The Kier molecular flexibility index (Phi) is 4.09. The second-order valence-electron chi connectivity index (χ2n) is 4.39. The summed E-state index contributed by atoms with van der Waals surface area (Å²) in [5.41, 5.74) is 1.07. The first-order valence-corrected chi connectivity index (χ1v) is 7.04. The molecule has 2 aromatic carbocycles. The third-order valence-electron chi connectivity index (χ3n) is 2.80. The van der Waals surface area contributed by atoms with E-state index in [0.717, 1.165) is 0 Å². The Labute approximate surface area is 135 Å². The van der Waals surface area contributed by atoms with E-state index in [2.05, 4.69) is 15.5 Å². The predicted octanol–water partition coefficient (Wildman–Crippen LogP) is 4.30. The maximum absolute atomic E-state index is 12.0. The van der Waals surface area contributed by atoms with Crippen molar-refractivity contribution in [2.24, 2.45) is 0 Å². The topological polar surface area (TPSA) is 68.0 Å². The van der Waals surface area contributed by atoms with Gasteiger partial charge < -0.3 is 4.42 Å². The lowest BCUT2D eigenvalue weighted by Crippen LogP contribution is -2.11. The Morgan fingerprint density at radius 1 is 1.00 bits per heavy atom. The van der Waals surface area contributed by atoms with Crippen molar-refractivity contribution in [3.05, 3.63) is 64.1 Å². The molecule has 0 aliphatic carbocycles. The highest BCUT2D eigenvalue weighted by Gasteiger charge is 2.13. The highest BCUT2D eigenvalue weighted by Crippen LogP contribution is 2.23. The van der Waals surface area contributed by atoms with Crippen LogP contribution in [0.25, 0.3) is 11.5 Å². The molecule has 22 heavy (non-hydrogen) atoms. The molecule has 0 radical (unpaired) electrons. The highest BCUT2D eigenvalue weighted by molar-refractivity contribution is 6.31. The molecule has 3 aromatic rings. The number of nitrogens with zero attached hydrogens (tertiary/aromatic N) is 2. The van der Waals surface area contributed by atoms with Gasteiger partial charge in [-0.1, -0.05) is 40.4 Å². The van der Waals surface area contributed by atoms with Crippen LogP contribution in [-0.4, -0.2) is 16.1 Å². The Morgan fingerprint density at radius 2 is 1.73 bits per heavy atom. The number of hydrogen-bond donors (Lipinski definition) is 1. The lowest BCUT2D eigenvalue weighted by atomic mass is 10.2. The molecule has 0 saturated carbocycles.